The van der Waals surface area contributed by atoms with E-state index in [1.165, 1.54) is 0 Å². The third kappa shape index (κ3) is 7.86. The second-order valence-corrected chi connectivity index (χ2v) is 16.1. The number of aromatic amines is 2. The van der Waals surface area contributed by atoms with Crippen molar-refractivity contribution in [2.24, 2.45) is 0 Å². The van der Waals surface area contributed by atoms with Crippen LogP contribution in [0.4, 0.5) is 9.59 Å². The molecule has 2 aliphatic rings. The molecule has 5 aromatic rings. The fraction of sp³-hybridized carbons (Fsp3) is 0.429. The highest BCUT2D eigenvalue weighted by molar-refractivity contribution is 5.90. The number of benzene rings is 3. The van der Waals surface area contributed by atoms with Crippen molar-refractivity contribution in [1.82, 2.24) is 29.7 Å². The van der Waals surface area contributed by atoms with E-state index in [1.807, 2.05) is 63.7 Å². The van der Waals surface area contributed by atoms with E-state index in [0.29, 0.717) is 13.1 Å². The molecule has 10 nitrogen and oxygen atoms in total. The number of carbonyl (C=O) groups is 2. The second kappa shape index (κ2) is 14.1. The summed E-state index contributed by atoms with van der Waals surface area (Å²) in [5, 5.41) is 2.28. The molecule has 0 unspecified atom stereocenters. The highest BCUT2D eigenvalue weighted by atomic mass is 16.6. The van der Waals surface area contributed by atoms with E-state index in [1.54, 1.807) is 0 Å². The molecule has 0 bridgehead atoms. The van der Waals surface area contributed by atoms with Gasteiger partial charge in [-0.2, -0.15) is 0 Å². The number of ether oxygens (including phenoxy) is 2. The number of rotatable bonds is 5. The van der Waals surface area contributed by atoms with Gasteiger partial charge in [-0.1, -0.05) is 48.5 Å². The van der Waals surface area contributed by atoms with Crippen molar-refractivity contribution in [2.45, 2.75) is 103 Å². The number of aromatic nitrogens is 4. The van der Waals surface area contributed by atoms with E-state index in [2.05, 4.69) is 70.6 Å². The van der Waals surface area contributed by atoms with E-state index in [9.17, 15) is 9.59 Å². The van der Waals surface area contributed by atoms with Gasteiger partial charge in [0.25, 0.3) is 0 Å². The van der Waals surface area contributed by atoms with Gasteiger partial charge < -0.3 is 19.4 Å². The van der Waals surface area contributed by atoms with E-state index >= 15 is 0 Å². The van der Waals surface area contributed by atoms with E-state index in [0.717, 1.165) is 94.6 Å². The molecule has 0 radical (unpaired) electrons. The van der Waals surface area contributed by atoms with Gasteiger partial charge in [-0.25, -0.2) is 19.6 Å². The molecular weight excluding hydrogens is 652 g/mol. The fourth-order valence-electron chi connectivity index (χ4n) is 7.25. The number of nitrogens with one attached hydrogen (secondary N) is 2. The van der Waals surface area contributed by atoms with Gasteiger partial charge >= 0.3 is 12.2 Å². The van der Waals surface area contributed by atoms with Crippen molar-refractivity contribution < 1.29 is 19.1 Å². The van der Waals surface area contributed by atoms with E-state index in [-0.39, 0.29) is 24.3 Å². The summed E-state index contributed by atoms with van der Waals surface area (Å²) in [6.07, 6.45) is 8.86. The fourth-order valence-corrected chi connectivity index (χ4v) is 7.25. The van der Waals surface area contributed by atoms with Crippen LogP contribution in [0.15, 0.2) is 73.1 Å². The number of carbonyl (C=O) groups excluding carboxylic acids is 2. The highest BCUT2D eigenvalue weighted by Gasteiger charge is 2.34. The topological polar surface area (TPSA) is 116 Å². The number of amides is 2. The highest BCUT2D eigenvalue weighted by Crippen LogP contribution is 2.35. The van der Waals surface area contributed by atoms with Crippen LogP contribution in [0.3, 0.4) is 0 Å². The number of imidazole rings is 2. The van der Waals surface area contributed by atoms with Gasteiger partial charge in [-0.3, -0.25) is 9.80 Å². The molecule has 3 aromatic carbocycles. The lowest BCUT2D eigenvalue weighted by Crippen LogP contribution is -2.42. The summed E-state index contributed by atoms with van der Waals surface area (Å²) in [7, 11) is 0. The van der Waals surface area contributed by atoms with Crippen molar-refractivity contribution >= 4 is 23.0 Å². The first-order valence-corrected chi connectivity index (χ1v) is 18.6. The summed E-state index contributed by atoms with van der Waals surface area (Å²) in [6, 6.07) is 21.2. The van der Waals surface area contributed by atoms with Crippen molar-refractivity contribution in [3.63, 3.8) is 0 Å². The molecule has 0 saturated carbocycles. The zero-order chi connectivity index (χ0) is 36.6. The summed E-state index contributed by atoms with van der Waals surface area (Å²) in [5.41, 5.74) is 5.10. The number of fused-ring (bicyclic) bond motifs is 1. The molecule has 2 aliphatic heterocycles. The predicted octanol–water partition coefficient (Wildman–Crippen LogP) is 10.2. The molecular formula is C42H50N6O4. The van der Waals surface area contributed by atoms with Gasteiger partial charge in [0.1, 0.15) is 22.9 Å². The molecule has 2 amide bonds. The second-order valence-electron chi connectivity index (χ2n) is 16.1. The number of hydrogen-bond acceptors (Lipinski definition) is 6. The monoisotopic (exact) mass is 702 g/mol. The normalized spacial score (nSPS) is 18.4. The molecule has 2 N–H and O–H groups in total. The SMILES string of the molecule is CC(C)(C)OC(=O)N1CCCC[C@H]1c1ncc(-c2ccc(-c3ccc4cc(-c5cnc([C@@H]6CCCCN6C(=O)OC(C)(C)C)[nH]5)ccc4c3)cc2)[nH]1. The first-order chi connectivity index (χ1) is 24.8. The van der Waals surface area contributed by atoms with Crippen LogP contribution in [0.25, 0.3) is 44.4 Å². The first kappa shape index (κ1) is 35.3. The lowest BCUT2D eigenvalue weighted by atomic mass is 9.98. The molecule has 272 valence electrons. The third-order valence-electron chi connectivity index (χ3n) is 9.76. The quantitative estimate of drug-likeness (QED) is 0.188. The largest absolute Gasteiger partial charge is 0.444 e. The summed E-state index contributed by atoms with van der Waals surface area (Å²) in [5.74, 6) is 1.59. The maximum absolute atomic E-state index is 13.0. The Hall–Kier alpha value is -5.12. The molecule has 0 spiro atoms. The zero-order valence-electron chi connectivity index (χ0n) is 31.2. The van der Waals surface area contributed by atoms with E-state index < -0.39 is 11.2 Å². The number of piperidine rings is 2. The van der Waals surface area contributed by atoms with Gasteiger partial charge in [0, 0.05) is 18.7 Å². The molecule has 2 saturated heterocycles. The summed E-state index contributed by atoms with van der Waals surface area (Å²) in [6.45, 7) is 12.7. The molecule has 7 rings (SSSR count). The smallest absolute Gasteiger partial charge is 0.410 e. The van der Waals surface area contributed by atoms with Crippen LogP contribution in [-0.4, -0.2) is 66.2 Å². The number of H-pyrrole nitrogens is 2. The van der Waals surface area contributed by atoms with Crippen LogP contribution in [0.1, 0.15) is 104 Å². The van der Waals surface area contributed by atoms with Gasteiger partial charge in [0.15, 0.2) is 0 Å². The van der Waals surface area contributed by atoms with Crippen LogP contribution in [0, 0.1) is 0 Å². The van der Waals surface area contributed by atoms with Crippen LogP contribution in [-0.2, 0) is 9.47 Å². The number of nitrogens with zero attached hydrogens (tertiary/aromatic N) is 4. The van der Waals surface area contributed by atoms with Gasteiger partial charge in [0.2, 0.25) is 0 Å². The minimum Gasteiger partial charge on any atom is -0.444 e. The lowest BCUT2D eigenvalue weighted by molar-refractivity contribution is 0.00759. The maximum Gasteiger partial charge on any atom is 0.410 e. The van der Waals surface area contributed by atoms with Crippen molar-refractivity contribution in [2.75, 3.05) is 13.1 Å². The first-order valence-electron chi connectivity index (χ1n) is 18.6. The van der Waals surface area contributed by atoms with Crippen molar-refractivity contribution in [3.05, 3.63) is 84.7 Å². The van der Waals surface area contributed by atoms with Crippen LogP contribution in [0.2, 0.25) is 0 Å². The van der Waals surface area contributed by atoms with Crippen LogP contribution >= 0.6 is 0 Å². The Kier molecular flexibility index (Phi) is 9.59. The Balaban J connectivity index is 1.04. The summed E-state index contributed by atoms with van der Waals surface area (Å²) >= 11 is 0. The van der Waals surface area contributed by atoms with Crippen LogP contribution in [0.5, 0.6) is 0 Å². The van der Waals surface area contributed by atoms with Gasteiger partial charge in [0.05, 0.1) is 35.9 Å². The minimum atomic E-state index is -0.545. The molecule has 2 atom stereocenters. The lowest BCUT2D eigenvalue weighted by Gasteiger charge is -2.35. The van der Waals surface area contributed by atoms with Crippen molar-refractivity contribution in [1.29, 1.82) is 0 Å². The van der Waals surface area contributed by atoms with E-state index in [4.69, 9.17) is 19.4 Å². The number of hydrogen-bond donors (Lipinski definition) is 2. The molecule has 52 heavy (non-hydrogen) atoms. The minimum absolute atomic E-state index is 0.128. The Labute approximate surface area is 305 Å². The Bertz CT molecular complexity index is 2050. The van der Waals surface area contributed by atoms with Gasteiger partial charge in [-0.05, 0) is 120 Å². The zero-order valence-corrected chi connectivity index (χ0v) is 31.2. The molecule has 10 heteroatoms. The molecule has 2 fully saturated rings. The molecule has 2 aromatic heterocycles. The van der Waals surface area contributed by atoms with Gasteiger partial charge in [-0.15, -0.1) is 0 Å². The third-order valence-corrected chi connectivity index (χ3v) is 9.76. The maximum atomic E-state index is 13.0. The summed E-state index contributed by atoms with van der Waals surface area (Å²) in [4.78, 5) is 46.0. The average Bonchev–Trinajstić information content (AvgIpc) is 3.81. The standard InChI is InChI=1S/C42H50N6O4/c1-41(2,3)51-39(49)47-21-9-7-11-35(47)37-43-25-33(45-37)28-15-13-27(14-16-28)29-17-18-31-24-32(20-19-30(31)23-29)34-26-44-38(46-34)36-12-8-10-22-48(36)40(50)52-42(4,5)6/h13-20,23-26,35-36H,7-12,21-22H2,1-6H3,(H,43,45)(H,44,46)/t35-,36-/m0/s1. The average molecular weight is 703 g/mol. The molecule has 0 aliphatic carbocycles. The molecule has 4 heterocycles. The Morgan fingerprint density at radius 1 is 0.596 bits per heavy atom. The Morgan fingerprint density at radius 3 is 1.52 bits per heavy atom. The van der Waals surface area contributed by atoms with Crippen molar-refractivity contribution in [3.8, 4) is 33.6 Å². The Morgan fingerprint density at radius 2 is 1.02 bits per heavy atom. The predicted molar refractivity (Wildman–Crippen MR) is 204 cm³/mol. The van der Waals surface area contributed by atoms with Crippen LogP contribution < -0.4 is 0 Å². The number of likely N-dealkylation sites (tertiary alicyclic amines) is 2. The summed E-state index contributed by atoms with van der Waals surface area (Å²) < 4.78 is 11.4.